The minimum Gasteiger partial charge on any atom is -0.480 e. The van der Waals surface area contributed by atoms with Crippen molar-refractivity contribution in [3.8, 4) is 0 Å². The molecule has 2 rings (SSSR count). The number of H-pyrrole nitrogens is 1. The van der Waals surface area contributed by atoms with Crippen LogP contribution in [0.3, 0.4) is 0 Å². The van der Waals surface area contributed by atoms with Crippen LogP contribution in [0, 0.1) is 17.7 Å². The van der Waals surface area contributed by atoms with E-state index in [-0.39, 0.29) is 44.7 Å². The molecule has 1 aliphatic heterocycles. The third-order valence-electron chi connectivity index (χ3n) is 8.47. The number of nitrogens with zero attached hydrogens (tertiary/aromatic N) is 1. The zero-order valence-corrected chi connectivity index (χ0v) is 30.2. The van der Waals surface area contributed by atoms with Crippen LogP contribution in [0.25, 0.3) is 0 Å². The summed E-state index contributed by atoms with van der Waals surface area (Å²) in [6, 6.07) is -5.48. The number of hydrogen-bond acceptors (Lipinski definition) is 12. The van der Waals surface area contributed by atoms with Gasteiger partial charge in [0.1, 0.15) is 36.4 Å². The van der Waals surface area contributed by atoms with Crippen LogP contribution in [-0.2, 0) is 23.9 Å². The number of rotatable bonds is 22. The smallest absolute Gasteiger partial charge is 0.330 e. The van der Waals surface area contributed by atoms with E-state index in [9.17, 15) is 58.4 Å². The Morgan fingerprint density at radius 1 is 0.906 bits per heavy atom. The number of unbranched alkanes of at least 4 members (excludes halogenated alkanes) is 1. The highest BCUT2D eigenvalue weighted by atomic mass is 19.1. The molecule has 0 spiro atoms. The lowest BCUT2D eigenvalue weighted by Gasteiger charge is -2.25. The summed E-state index contributed by atoms with van der Waals surface area (Å²) in [5.74, 6) is -5.56. The van der Waals surface area contributed by atoms with Gasteiger partial charge in [0.25, 0.3) is 5.56 Å². The van der Waals surface area contributed by atoms with Crippen molar-refractivity contribution < 1.29 is 53.5 Å². The maximum absolute atomic E-state index is 13.8. The van der Waals surface area contributed by atoms with Gasteiger partial charge in [-0.1, -0.05) is 27.7 Å². The number of aliphatic hydroxyl groups is 2. The Balaban J connectivity index is 1.98. The third-order valence-corrected chi connectivity index (χ3v) is 8.47. The molecule has 53 heavy (non-hydrogen) atoms. The van der Waals surface area contributed by atoms with Gasteiger partial charge in [-0.05, 0) is 57.0 Å². The van der Waals surface area contributed by atoms with Gasteiger partial charge >= 0.3 is 23.7 Å². The first-order chi connectivity index (χ1) is 24.9. The second-order valence-corrected chi connectivity index (χ2v) is 13.6. The van der Waals surface area contributed by atoms with Crippen LogP contribution in [0.15, 0.2) is 15.8 Å². The number of hydrogen-bond donors (Lipinski definition) is 11. The first kappa shape index (κ1) is 44.7. The summed E-state index contributed by atoms with van der Waals surface area (Å²) in [6.07, 6.45) is -4.56. The lowest BCUT2D eigenvalue weighted by molar-refractivity contribution is -0.141. The number of carbonyl (C=O) groups is 5. The van der Waals surface area contributed by atoms with Crippen molar-refractivity contribution in [1.29, 1.82) is 0 Å². The highest BCUT2D eigenvalue weighted by Crippen LogP contribution is 2.30. The minimum absolute atomic E-state index is 0.0357. The number of halogens is 1. The number of nitrogens with one attached hydrogen (secondary N) is 6. The van der Waals surface area contributed by atoms with E-state index in [0.717, 1.165) is 0 Å². The Hall–Kier alpha value is -4.44. The van der Waals surface area contributed by atoms with Gasteiger partial charge in [-0.25, -0.2) is 14.4 Å². The summed E-state index contributed by atoms with van der Waals surface area (Å²) in [7, 11) is 0. The Labute approximate surface area is 304 Å². The van der Waals surface area contributed by atoms with E-state index in [2.05, 4.69) is 26.6 Å². The molecule has 20 nitrogen and oxygen atoms in total. The van der Waals surface area contributed by atoms with Crippen molar-refractivity contribution >= 4 is 29.8 Å². The monoisotopic (exact) mass is 760 g/mol. The maximum atomic E-state index is 13.8. The largest absolute Gasteiger partial charge is 0.480 e. The molecule has 0 aliphatic carbocycles. The molecule has 0 saturated carbocycles. The molecule has 1 saturated heterocycles. The van der Waals surface area contributed by atoms with Gasteiger partial charge < -0.3 is 57.5 Å². The molecule has 1 aromatic heterocycles. The van der Waals surface area contributed by atoms with Gasteiger partial charge in [0, 0.05) is 13.0 Å². The number of ether oxygens (including phenoxy) is 1. The maximum Gasteiger partial charge on any atom is 0.330 e. The number of carbonyl (C=O) groups excluding carboxylic acids is 3. The second-order valence-electron chi connectivity index (χ2n) is 13.6. The highest BCUT2D eigenvalue weighted by molar-refractivity contribution is 5.92. The topological polar surface area (TPSA) is 317 Å². The molecular formula is C32H53FN8O12. The Bertz CT molecular complexity index is 1520. The van der Waals surface area contributed by atoms with Crippen LogP contribution in [0.2, 0.25) is 0 Å². The summed E-state index contributed by atoms with van der Waals surface area (Å²) < 4.78 is 19.8. The van der Waals surface area contributed by atoms with Crippen molar-refractivity contribution in [2.24, 2.45) is 17.6 Å². The van der Waals surface area contributed by atoms with E-state index in [0.29, 0.717) is 30.2 Å². The number of aromatic amines is 1. The molecule has 1 fully saturated rings. The van der Waals surface area contributed by atoms with Crippen LogP contribution in [0.1, 0.15) is 72.4 Å². The van der Waals surface area contributed by atoms with Crippen LogP contribution in [0.4, 0.5) is 9.18 Å². The van der Waals surface area contributed by atoms with Crippen LogP contribution in [0.5, 0.6) is 0 Å². The fourth-order valence-corrected chi connectivity index (χ4v) is 5.60. The third kappa shape index (κ3) is 13.8. The number of amides is 4. The molecule has 4 amide bonds. The fraction of sp³-hybridized carbons (Fsp3) is 0.719. The Morgan fingerprint density at radius 2 is 1.58 bits per heavy atom. The molecule has 0 aromatic carbocycles. The average Bonchev–Trinajstić information content (AvgIpc) is 3.34. The molecule has 1 aromatic rings. The number of urea groups is 1. The molecular weight excluding hydrogens is 707 g/mol. The number of carboxylic acid groups (broad SMARTS) is 2. The highest BCUT2D eigenvalue weighted by Gasteiger charge is 2.45. The number of aromatic nitrogens is 2. The first-order valence-corrected chi connectivity index (χ1v) is 17.4. The van der Waals surface area contributed by atoms with E-state index < -0.39 is 101 Å². The normalized spacial score (nSPS) is 20.7. The van der Waals surface area contributed by atoms with Crippen LogP contribution >= 0.6 is 0 Å². The zero-order chi connectivity index (χ0) is 40.0. The molecule has 0 radical (unpaired) electrons. The predicted molar refractivity (Wildman–Crippen MR) is 185 cm³/mol. The molecule has 300 valence electrons. The van der Waals surface area contributed by atoms with Gasteiger partial charge in [0.05, 0.1) is 12.3 Å². The molecule has 12 N–H and O–H groups in total. The number of carboxylic acids is 2. The van der Waals surface area contributed by atoms with Gasteiger partial charge in [-0.2, -0.15) is 4.39 Å². The van der Waals surface area contributed by atoms with Crippen LogP contribution in [-0.4, -0.2) is 122 Å². The molecule has 2 heterocycles. The van der Waals surface area contributed by atoms with Gasteiger partial charge in [-0.15, -0.1) is 0 Å². The van der Waals surface area contributed by atoms with E-state index in [4.69, 9.17) is 10.5 Å². The molecule has 0 bridgehead atoms. The van der Waals surface area contributed by atoms with E-state index >= 15 is 0 Å². The molecule has 1 aliphatic rings. The molecule has 0 unspecified atom stereocenters. The van der Waals surface area contributed by atoms with Crippen molar-refractivity contribution in [1.82, 2.24) is 36.1 Å². The Kier molecular flexibility index (Phi) is 18.0. The van der Waals surface area contributed by atoms with Gasteiger partial charge in [0.2, 0.25) is 17.6 Å². The van der Waals surface area contributed by atoms with E-state index in [1.54, 1.807) is 18.8 Å². The summed E-state index contributed by atoms with van der Waals surface area (Å²) in [4.78, 5) is 87.8. The number of aliphatic carboxylic acids is 2. The van der Waals surface area contributed by atoms with Crippen molar-refractivity contribution in [3.05, 3.63) is 32.9 Å². The zero-order valence-electron chi connectivity index (χ0n) is 30.2. The average molecular weight is 761 g/mol. The SMILES string of the molecule is CC(C)C[C@H](NC(=O)[C@H](CCCCN)NC(=O)N[C@H](C(=O)O)C(C)C)C(=O)NCCCN[C@@H](C[C@H]1O[C@@H](n2cc(F)c(=O)[nH]c2=O)[C@H](O)[C@@H]1O)C(=O)O. The fourth-order valence-electron chi connectivity index (χ4n) is 5.60. The summed E-state index contributed by atoms with van der Waals surface area (Å²) in [5, 5.41) is 53.0. The lowest BCUT2D eigenvalue weighted by atomic mass is 10.0. The summed E-state index contributed by atoms with van der Waals surface area (Å²) >= 11 is 0. The van der Waals surface area contributed by atoms with Gasteiger partial charge in [-0.3, -0.25) is 28.7 Å². The second kappa shape index (κ2) is 21.3. The summed E-state index contributed by atoms with van der Waals surface area (Å²) in [6.45, 7) is 7.37. The van der Waals surface area contributed by atoms with E-state index in [1.165, 1.54) is 0 Å². The first-order valence-electron chi connectivity index (χ1n) is 17.4. The number of nitrogens with two attached hydrogens (primary N) is 1. The van der Waals surface area contributed by atoms with E-state index in [1.807, 2.05) is 13.8 Å². The molecule has 21 heteroatoms. The number of aliphatic hydroxyl groups excluding tert-OH is 2. The minimum atomic E-state index is -1.75. The quantitative estimate of drug-likeness (QED) is 0.0553. The lowest BCUT2D eigenvalue weighted by Crippen LogP contribution is -2.57. The molecule has 8 atom stereocenters. The van der Waals surface area contributed by atoms with Gasteiger partial charge in [0.15, 0.2) is 6.23 Å². The van der Waals surface area contributed by atoms with Crippen molar-refractivity contribution in [2.75, 3.05) is 19.6 Å². The van der Waals surface area contributed by atoms with Crippen LogP contribution < -0.4 is 43.6 Å². The summed E-state index contributed by atoms with van der Waals surface area (Å²) in [5.41, 5.74) is 3.17. The van der Waals surface area contributed by atoms with Crippen molar-refractivity contribution in [2.45, 2.75) is 115 Å². The van der Waals surface area contributed by atoms with Crippen molar-refractivity contribution in [3.63, 3.8) is 0 Å². The predicted octanol–water partition coefficient (Wildman–Crippen LogP) is -2.33. The Morgan fingerprint density at radius 3 is 2.17 bits per heavy atom. The standard InChI is InChI=1S/C32H53FN8O12/c1-15(2)12-19(37-27(46)18(8-5-6-9-34)38-31(51)39-22(16(3)4)30(49)50)26(45)36-11-7-10-35-20(29(47)48)13-21-23(42)24(43)28(53-21)41-14-17(33)25(44)40-32(41)52/h14-16,18-24,28,35,42-43H,5-13,34H2,1-4H3,(H,36,45)(H,37,46)(H,47,48)(H,49,50)(H2,38,39,51)(H,40,44,52)/t18-,19-,20-,21+,22-,23+,24+,28+/m0/s1.